The average Bonchev–Trinajstić information content (AvgIpc) is 2.64. The summed E-state index contributed by atoms with van der Waals surface area (Å²) in [4.78, 5) is 26.0. The first-order valence-electron chi connectivity index (χ1n) is 8.69. The van der Waals surface area contributed by atoms with Gasteiger partial charge in [-0.3, -0.25) is 9.59 Å². The Morgan fingerprint density at radius 1 is 1.17 bits per heavy atom. The van der Waals surface area contributed by atoms with Gasteiger partial charge in [-0.05, 0) is 52.9 Å². The summed E-state index contributed by atoms with van der Waals surface area (Å²) in [6.45, 7) is 4.13. The summed E-state index contributed by atoms with van der Waals surface area (Å²) in [7, 11) is 0. The fourth-order valence-corrected chi connectivity index (χ4v) is 3.33. The van der Waals surface area contributed by atoms with Crippen molar-refractivity contribution in [2.75, 3.05) is 25.0 Å². The van der Waals surface area contributed by atoms with Crippen molar-refractivity contribution in [3.8, 4) is 0 Å². The molecule has 29 heavy (non-hydrogen) atoms. The molecule has 1 heterocycles. The van der Waals surface area contributed by atoms with Gasteiger partial charge in [0, 0.05) is 23.2 Å². The molecule has 2 N–H and O–H groups in total. The summed E-state index contributed by atoms with van der Waals surface area (Å²) in [6, 6.07) is 6.17. The Bertz CT molecular complexity index is 978. The molecule has 0 spiro atoms. The normalized spacial score (nSPS) is 13.6. The van der Waals surface area contributed by atoms with Crippen LogP contribution in [0.4, 0.5) is 24.5 Å². The molecular weight excluding hydrogens is 498 g/mol. The highest BCUT2D eigenvalue weighted by molar-refractivity contribution is 14.1. The summed E-state index contributed by atoms with van der Waals surface area (Å²) in [5, 5.41) is 5.14. The van der Waals surface area contributed by atoms with Gasteiger partial charge in [0.25, 0.3) is 5.91 Å². The van der Waals surface area contributed by atoms with Crippen molar-refractivity contribution in [1.29, 1.82) is 0 Å². The number of nitrogens with zero attached hydrogens (tertiary/aromatic N) is 1. The zero-order valence-electron chi connectivity index (χ0n) is 15.1. The van der Waals surface area contributed by atoms with Crippen LogP contribution in [0.5, 0.6) is 0 Å². The molecule has 9 heteroatoms. The van der Waals surface area contributed by atoms with E-state index in [1.54, 1.807) is 12.1 Å². The van der Waals surface area contributed by atoms with E-state index in [-0.39, 0.29) is 36.2 Å². The van der Waals surface area contributed by atoms with E-state index < -0.39 is 29.0 Å². The van der Waals surface area contributed by atoms with Gasteiger partial charge in [0.2, 0.25) is 5.91 Å². The molecule has 2 amide bonds. The van der Waals surface area contributed by atoms with Crippen LogP contribution in [0.1, 0.15) is 10.4 Å². The zero-order chi connectivity index (χ0) is 21.1. The van der Waals surface area contributed by atoms with E-state index in [4.69, 9.17) is 0 Å². The van der Waals surface area contributed by atoms with Crippen LogP contribution in [0.2, 0.25) is 0 Å². The minimum absolute atomic E-state index is 0.0887. The molecule has 1 fully saturated rings. The van der Waals surface area contributed by atoms with Crippen LogP contribution in [0.15, 0.2) is 43.0 Å². The number of hydrogen-bond acceptors (Lipinski definition) is 3. The number of halogens is 4. The number of hydrogen-bond donors (Lipinski definition) is 2. The Morgan fingerprint density at radius 2 is 1.90 bits per heavy atom. The third-order valence-corrected chi connectivity index (χ3v) is 5.15. The second-order valence-electron chi connectivity index (χ2n) is 6.47. The van der Waals surface area contributed by atoms with Crippen LogP contribution in [0.3, 0.4) is 0 Å². The van der Waals surface area contributed by atoms with Crippen molar-refractivity contribution in [1.82, 2.24) is 10.2 Å². The fourth-order valence-electron chi connectivity index (χ4n) is 2.87. The Labute approximate surface area is 179 Å². The average molecular weight is 515 g/mol. The number of anilines is 2. The molecule has 0 unspecified atom stereocenters. The van der Waals surface area contributed by atoms with Gasteiger partial charge in [-0.2, -0.15) is 0 Å². The second kappa shape index (κ2) is 8.85. The predicted molar refractivity (Wildman–Crippen MR) is 111 cm³/mol. The third kappa shape index (κ3) is 4.55. The molecule has 3 rings (SSSR count). The smallest absolute Gasteiger partial charge is 0.256 e. The molecule has 1 saturated heterocycles. The predicted octanol–water partition coefficient (Wildman–Crippen LogP) is 3.83. The standard InChI is InChI=1S/C20H17F3IN3O2/c1-2-7-25-19(28)11-9-27(10-11)20(29)13-4-5-14(21)17(23)18(13)26-16-6-3-12(24)8-15(16)22/h2-6,8,11,26H,1,7,9-10H2,(H,25,28). The van der Waals surface area contributed by atoms with E-state index in [0.29, 0.717) is 10.1 Å². The van der Waals surface area contributed by atoms with Crippen LogP contribution in [0, 0.1) is 26.9 Å². The van der Waals surface area contributed by atoms with E-state index in [1.165, 1.54) is 17.0 Å². The molecule has 0 atom stereocenters. The first-order valence-corrected chi connectivity index (χ1v) is 9.77. The number of nitrogens with one attached hydrogen (secondary N) is 2. The van der Waals surface area contributed by atoms with Crippen molar-refractivity contribution in [3.63, 3.8) is 0 Å². The molecule has 0 bridgehead atoms. The van der Waals surface area contributed by atoms with Gasteiger partial charge in [-0.15, -0.1) is 6.58 Å². The number of carbonyl (C=O) groups is 2. The van der Waals surface area contributed by atoms with Crippen LogP contribution < -0.4 is 10.6 Å². The molecule has 152 valence electrons. The molecule has 0 radical (unpaired) electrons. The van der Waals surface area contributed by atoms with Gasteiger partial charge >= 0.3 is 0 Å². The minimum Gasteiger partial charge on any atom is -0.352 e. The molecule has 5 nitrogen and oxygen atoms in total. The van der Waals surface area contributed by atoms with Gasteiger partial charge in [-0.25, -0.2) is 13.2 Å². The van der Waals surface area contributed by atoms with Crippen LogP contribution in [0.25, 0.3) is 0 Å². The van der Waals surface area contributed by atoms with Gasteiger partial charge in [-0.1, -0.05) is 6.08 Å². The largest absolute Gasteiger partial charge is 0.352 e. The van der Waals surface area contributed by atoms with Crippen molar-refractivity contribution < 1.29 is 22.8 Å². The van der Waals surface area contributed by atoms with E-state index in [9.17, 15) is 22.8 Å². The van der Waals surface area contributed by atoms with E-state index >= 15 is 0 Å². The topological polar surface area (TPSA) is 61.4 Å². The molecular formula is C20H17F3IN3O2. The quantitative estimate of drug-likeness (QED) is 0.455. The lowest BCUT2D eigenvalue weighted by Gasteiger charge is -2.38. The van der Waals surface area contributed by atoms with Gasteiger partial charge in [0.15, 0.2) is 11.6 Å². The summed E-state index contributed by atoms with van der Waals surface area (Å²) in [5.74, 6) is -4.28. The summed E-state index contributed by atoms with van der Waals surface area (Å²) >= 11 is 1.92. The summed E-state index contributed by atoms with van der Waals surface area (Å²) in [5.41, 5.74) is -0.685. The third-order valence-electron chi connectivity index (χ3n) is 4.48. The molecule has 0 saturated carbocycles. The van der Waals surface area contributed by atoms with Crippen molar-refractivity contribution in [2.45, 2.75) is 0 Å². The highest BCUT2D eigenvalue weighted by Gasteiger charge is 2.37. The van der Waals surface area contributed by atoms with Gasteiger partial charge in [0.1, 0.15) is 5.82 Å². The first-order chi connectivity index (χ1) is 13.8. The SMILES string of the molecule is C=CCNC(=O)C1CN(C(=O)c2ccc(F)c(F)c2Nc2ccc(I)cc2F)C1. The van der Waals surface area contributed by atoms with Gasteiger partial charge in [0.05, 0.1) is 22.9 Å². The lowest BCUT2D eigenvalue weighted by atomic mass is 9.97. The number of benzene rings is 2. The number of carbonyl (C=O) groups excluding carboxylic acids is 2. The monoisotopic (exact) mass is 515 g/mol. The van der Waals surface area contributed by atoms with E-state index in [0.717, 1.165) is 12.1 Å². The first kappa shape index (κ1) is 21.2. The molecule has 1 aliphatic rings. The van der Waals surface area contributed by atoms with Crippen LogP contribution in [-0.2, 0) is 4.79 Å². The molecule has 0 aromatic heterocycles. The second-order valence-corrected chi connectivity index (χ2v) is 7.72. The highest BCUT2D eigenvalue weighted by Crippen LogP contribution is 2.31. The fraction of sp³-hybridized carbons (Fsp3) is 0.200. The van der Waals surface area contributed by atoms with Crippen LogP contribution in [-0.4, -0.2) is 36.3 Å². The maximum atomic E-state index is 14.4. The Balaban J connectivity index is 1.81. The van der Waals surface area contributed by atoms with Crippen molar-refractivity contribution >= 4 is 45.8 Å². The maximum Gasteiger partial charge on any atom is 0.256 e. The maximum absolute atomic E-state index is 14.4. The molecule has 1 aliphatic heterocycles. The summed E-state index contributed by atoms with van der Waals surface area (Å²) < 4.78 is 43.0. The zero-order valence-corrected chi connectivity index (χ0v) is 17.3. The van der Waals surface area contributed by atoms with Gasteiger partial charge < -0.3 is 15.5 Å². The lowest BCUT2D eigenvalue weighted by molar-refractivity contribution is -0.128. The molecule has 2 aromatic rings. The minimum atomic E-state index is -1.28. The highest BCUT2D eigenvalue weighted by atomic mass is 127. The number of rotatable bonds is 6. The van der Waals surface area contributed by atoms with Crippen molar-refractivity contribution in [3.05, 3.63) is 69.6 Å². The van der Waals surface area contributed by atoms with Crippen molar-refractivity contribution in [2.24, 2.45) is 5.92 Å². The van der Waals surface area contributed by atoms with E-state index in [1.807, 2.05) is 22.6 Å². The number of likely N-dealkylation sites (tertiary alicyclic amines) is 1. The lowest BCUT2D eigenvalue weighted by Crippen LogP contribution is -2.55. The molecule has 2 aromatic carbocycles. The molecule has 0 aliphatic carbocycles. The van der Waals surface area contributed by atoms with E-state index in [2.05, 4.69) is 17.2 Å². The van der Waals surface area contributed by atoms with Crippen LogP contribution >= 0.6 is 22.6 Å². The Morgan fingerprint density at radius 3 is 2.55 bits per heavy atom. The number of amides is 2. The Hall–Kier alpha value is -2.56. The Kier molecular flexibility index (Phi) is 6.46. The summed E-state index contributed by atoms with van der Waals surface area (Å²) in [6.07, 6.45) is 1.54.